The number of amides is 2. The molecule has 2 aromatic rings. The zero-order valence-electron chi connectivity index (χ0n) is 25.0. The number of aliphatic carboxylic acids is 2. The van der Waals surface area contributed by atoms with E-state index >= 15 is 0 Å². The summed E-state index contributed by atoms with van der Waals surface area (Å²) in [6.45, 7) is 14.8. The molecule has 10 nitrogen and oxygen atoms in total. The Hall–Kier alpha value is -4.96. The van der Waals surface area contributed by atoms with Crippen LogP contribution in [0.25, 0.3) is 18.2 Å². The molecule has 2 aliphatic heterocycles. The van der Waals surface area contributed by atoms with Crippen LogP contribution < -0.4 is 33.4 Å². The van der Waals surface area contributed by atoms with E-state index in [0.29, 0.717) is 50.2 Å². The van der Waals surface area contributed by atoms with Crippen LogP contribution in [-0.4, -0.2) is 49.6 Å². The predicted octanol–water partition coefficient (Wildman–Crippen LogP) is -1.86. The van der Waals surface area contributed by atoms with Gasteiger partial charge in [-0.1, -0.05) is 25.3 Å². The number of rotatable bonds is 11. The SMILES string of the molecule is C=CC1=C(C)C(C=c2[nH]/c(=C/c3[nH]c(C=C4NC(=O)C(C)=C4C=C)c(C)c3CCC(=O)O)c(CCC(=O)O)c2C)=[NH+]C1=O.[Cl-]. The average molecular weight is 619 g/mol. The second-order valence-corrected chi connectivity index (χ2v) is 10.6. The lowest BCUT2D eigenvalue weighted by molar-refractivity contribution is -0.366. The Morgan fingerprint density at radius 3 is 1.95 bits per heavy atom. The number of carbonyl (C=O) groups is 4. The highest BCUT2D eigenvalue weighted by atomic mass is 35.5. The number of carbonyl (C=O) groups excluding carboxylic acids is 2. The van der Waals surface area contributed by atoms with Gasteiger partial charge < -0.3 is 37.9 Å². The number of halogens is 1. The lowest BCUT2D eigenvalue weighted by Gasteiger charge is -2.02. The first kappa shape index (κ1) is 33.5. The maximum atomic E-state index is 12.3. The third-order valence-electron chi connectivity index (χ3n) is 7.94. The van der Waals surface area contributed by atoms with Gasteiger partial charge >= 0.3 is 17.8 Å². The molecule has 0 radical (unpaired) electrons. The number of aromatic nitrogens is 2. The summed E-state index contributed by atoms with van der Waals surface area (Å²) < 4.78 is 0. The van der Waals surface area contributed by atoms with Crippen molar-refractivity contribution < 1.29 is 46.8 Å². The summed E-state index contributed by atoms with van der Waals surface area (Å²) in [6.07, 6.45) is 8.93. The Kier molecular flexibility index (Phi) is 10.3. The van der Waals surface area contributed by atoms with Gasteiger partial charge in [-0.25, -0.2) is 4.79 Å². The molecule has 4 rings (SSSR count). The average Bonchev–Trinajstić information content (AvgIpc) is 3.59. The smallest absolute Gasteiger partial charge is 0.418 e. The third kappa shape index (κ3) is 6.65. The van der Waals surface area contributed by atoms with Gasteiger partial charge in [0.1, 0.15) is 0 Å². The first-order valence-electron chi connectivity index (χ1n) is 13.8. The van der Waals surface area contributed by atoms with Gasteiger partial charge in [0.15, 0.2) is 0 Å². The zero-order chi connectivity index (χ0) is 31.6. The fourth-order valence-corrected chi connectivity index (χ4v) is 5.41. The van der Waals surface area contributed by atoms with E-state index < -0.39 is 11.9 Å². The topological polar surface area (TPSA) is 166 Å². The quantitative estimate of drug-likeness (QED) is 0.173. The van der Waals surface area contributed by atoms with Crippen LogP contribution in [0.2, 0.25) is 0 Å². The van der Waals surface area contributed by atoms with Crippen LogP contribution in [0.5, 0.6) is 0 Å². The number of hydrogen-bond acceptors (Lipinski definition) is 4. The second kappa shape index (κ2) is 13.6. The van der Waals surface area contributed by atoms with Gasteiger partial charge in [-0.05, 0) is 74.9 Å². The minimum absolute atomic E-state index is 0. The van der Waals surface area contributed by atoms with Gasteiger partial charge in [0, 0.05) is 57.7 Å². The van der Waals surface area contributed by atoms with Crippen LogP contribution in [0.1, 0.15) is 60.3 Å². The van der Waals surface area contributed by atoms with Crippen LogP contribution in [0.4, 0.5) is 0 Å². The van der Waals surface area contributed by atoms with Gasteiger partial charge in [-0.2, -0.15) is 4.99 Å². The molecule has 11 heteroatoms. The van der Waals surface area contributed by atoms with Gasteiger partial charge in [0.05, 0.1) is 11.3 Å². The van der Waals surface area contributed by atoms with Gasteiger partial charge in [-0.3, -0.25) is 14.4 Å². The van der Waals surface area contributed by atoms with E-state index in [4.69, 9.17) is 0 Å². The minimum Gasteiger partial charge on any atom is -1.00 e. The molecule has 0 spiro atoms. The van der Waals surface area contributed by atoms with Crippen LogP contribution >= 0.6 is 0 Å². The minimum atomic E-state index is -0.935. The molecule has 0 saturated heterocycles. The molecule has 230 valence electrons. The number of carboxylic acid groups (broad SMARTS) is 2. The standard InChI is InChI=1S/C33H34N4O6.ClH/c1-7-20-19(6)32(42)37-27(20)14-25-18(5)23(10-12-31(40)41)29(35-25)15-28-22(9-11-30(38)39)17(4)24(34-28)13-26-16(3)21(8-2)33(43)36-26;/h7-8,13-15,34-35H,1-2,9-12H2,3-6H3,(H,37,42)(H,38,39)(H,40,41);1H/b24-13?,27-14?,28-15+;. The number of allylic oxidation sites excluding steroid dienone is 2. The van der Waals surface area contributed by atoms with Gasteiger partial charge in [0.2, 0.25) is 5.71 Å². The molecule has 0 saturated carbocycles. The van der Waals surface area contributed by atoms with E-state index in [9.17, 15) is 29.4 Å². The van der Waals surface area contributed by atoms with Gasteiger partial charge in [-0.15, -0.1) is 0 Å². The number of H-pyrrole nitrogens is 2. The van der Waals surface area contributed by atoms with Crippen molar-refractivity contribution in [1.29, 1.82) is 0 Å². The molecule has 2 aliphatic rings. The third-order valence-corrected chi connectivity index (χ3v) is 7.94. The first-order valence-corrected chi connectivity index (χ1v) is 13.8. The number of nitrogens with one attached hydrogen (secondary N) is 4. The normalized spacial score (nSPS) is 16.5. The monoisotopic (exact) mass is 618 g/mol. The maximum Gasteiger partial charge on any atom is 0.418 e. The fraction of sp³-hybridized carbons (Fsp3) is 0.242. The van der Waals surface area contributed by atoms with Crippen molar-refractivity contribution in [3.63, 3.8) is 0 Å². The molecule has 4 heterocycles. The summed E-state index contributed by atoms with van der Waals surface area (Å²) in [7, 11) is 0. The molecule has 0 unspecified atom stereocenters. The molecule has 44 heavy (non-hydrogen) atoms. The second-order valence-electron chi connectivity index (χ2n) is 10.6. The Morgan fingerprint density at radius 2 is 1.39 bits per heavy atom. The largest absolute Gasteiger partial charge is 1.00 e. The van der Waals surface area contributed by atoms with Crippen molar-refractivity contribution in [1.82, 2.24) is 15.3 Å². The van der Waals surface area contributed by atoms with E-state index in [1.807, 2.05) is 32.9 Å². The lowest BCUT2D eigenvalue weighted by Crippen LogP contribution is -3.00. The molecule has 2 aromatic heterocycles. The highest BCUT2D eigenvalue weighted by Gasteiger charge is 2.28. The molecule has 0 aromatic carbocycles. The summed E-state index contributed by atoms with van der Waals surface area (Å²) >= 11 is 0. The molecule has 0 atom stereocenters. The molecule has 6 N–H and O–H groups in total. The van der Waals surface area contributed by atoms with E-state index in [2.05, 4.69) is 33.4 Å². The molecular weight excluding hydrogens is 584 g/mol. The fourth-order valence-electron chi connectivity index (χ4n) is 5.41. The highest BCUT2D eigenvalue weighted by molar-refractivity contribution is 6.24. The van der Waals surface area contributed by atoms with Crippen molar-refractivity contribution in [2.24, 2.45) is 0 Å². The zero-order valence-corrected chi connectivity index (χ0v) is 25.8. The summed E-state index contributed by atoms with van der Waals surface area (Å²) in [6, 6.07) is 0. The van der Waals surface area contributed by atoms with E-state index in [-0.39, 0.29) is 49.9 Å². The van der Waals surface area contributed by atoms with Crippen molar-refractivity contribution >= 4 is 47.7 Å². The first-order chi connectivity index (χ1) is 20.4. The van der Waals surface area contributed by atoms with E-state index in [1.54, 1.807) is 19.1 Å². The predicted molar refractivity (Wildman–Crippen MR) is 163 cm³/mol. The number of hydrogen-bond donors (Lipinski definition) is 6. The van der Waals surface area contributed by atoms with Crippen molar-refractivity contribution in [2.45, 2.75) is 53.4 Å². The molecule has 0 aliphatic carbocycles. The van der Waals surface area contributed by atoms with Crippen LogP contribution in [0, 0.1) is 13.8 Å². The van der Waals surface area contributed by atoms with Crippen molar-refractivity contribution in [2.75, 3.05) is 0 Å². The van der Waals surface area contributed by atoms with E-state index in [0.717, 1.165) is 27.8 Å². The Balaban J connectivity index is 0.00000529. The maximum absolute atomic E-state index is 12.3. The van der Waals surface area contributed by atoms with Crippen LogP contribution in [-0.2, 0) is 32.0 Å². The highest BCUT2D eigenvalue weighted by Crippen LogP contribution is 2.27. The number of carboxylic acids is 2. The Labute approximate surface area is 260 Å². The summed E-state index contributed by atoms with van der Waals surface area (Å²) in [5.41, 5.74) is 8.27. The van der Waals surface area contributed by atoms with Crippen molar-refractivity contribution in [3.8, 4) is 0 Å². The summed E-state index contributed by atoms with van der Waals surface area (Å²) in [5, 5.41) is 23.1. The summed E-state index contributed by atoms with van der Waals surface area (Å²) in [5.74, 6) is -2.32. The van der Waals surface area contributed by atoms with Crippen LogP contribution in [0.3, 0.4) is 0 Å². The number of aromatic amines is 2. The Bertz CT molecular complexity index is 1860. The van der Waals surface area contributed by atoms with Crippen molar-refractivity contribution in [3.05, 3.63) is 97.6 Å². The Morgan fingerprint density at radius 1 is 0.773 bits per heavy atom. The lowest BCUT2D eigenvalue weighted by atomic mass is 10.0. The molecule has 0 fully saturated rings. The van der Waals surface area contributed by atoms with Gasteiger partial charge in [0.25, 0.3) is 5.91 Å². The summed E-state index contributed by atoms with van der Waals surface area (Å²) in [4.78, 5) is 57.2. The van der Waals surface area contributed by atoms with E-state index in [1.165, 1.54) is 6.08 Å². The van der Waals surface area contributed by atoms with Crippen LogP contribution in [0.15, 0.2) is 53.3 Å². The molecule has 0 bridgehead atoms. The molecule has 2 amide bonds. The molecular formula is C33H35ClN4O6.